The second-order valence-corrected chi connectivity index (χ2v) is 4.48. The van der Waals surface area contributed by atoms with E-state index in [2.05, 4.69) is 9.97 Å². The van der Waals surface area contributed by atoms with E-state index in [1.165, 1.54) is 0 Å². The number of pyridine rings is 1. The van der Waals surface area contributed by atoms with Crippen LogP contribution in [0.4, 0.5) is 5.95 Å². The minimum Gasteiger partial charge on any atom is -0.369 e. The Morgan fingerprint density at radius 3 is 2.72 bits per heavy atom. The Morgan fingerprint density at radius 2 is 1.94 bits per heavy atom. The Morgan fingerprint density at radius 1 is 1.17 bits per heavy atom. The molecule has 0 radical (unpaired) electrons. The van der Waals surface area contributed by atoms with Gasteiger partial charge in [0.15, 0.2) is 0 Å². The van der Waals surface area contributed by atoms with Crippen molar-refractivity contribution in [3.05, 3.63) is 53.3 Å². The fraction of sp³-hybridized carbons (Fsp3) is 0.0769. The van der Waals surface area contributed by atoms with E-state index in [0.29, 0.717) is 12.5 Å². The smallest absolute Gasteiger partial charge is 0.201 e. The van der Waals surface area contributed by atoms with Gasteiger partial charge in [-0.25, -0.2) is 4.98 Å². The zero-order chi connectivity index (χ0) is 12.5. The molecule has 0 aliphatic carbocycles. The summed E-state index contributed by atoms with van der Waals surface area (Å²) in [6, 6.07) is 9.61. The number of nitrogen functional groups attached to an aromatic ring is 1. The van der Waals surface area contributed by atoms with Crippen molar-refractivity contribution in [1.82, 2.24) is 14.5 Å². The minimum absolute atomic E-state index is 0.493. The summed E-state index contributed by atoms with van der Waals surface area (Å²) < 4.78 is 1.96. The minimum atomic E-state index is 0.493. The third-order valence-electron chi connectivity index (χ3n) is 2.83. The van der Waals surface area contributed by atoms with Crippen LogP contribution in [-0.2, 0) is 6.54 Å². The number of rotatable bonds is 2. The molecule has 3 aromatic rings. The molecule has 1 aromatic carbocycles. The highest BCUT2D eigenvalue weighted by molar-refractivity contribution is 6.30. The first kappa shape index (κ1) is 11.0. The lowest BCUT2D eigenvalue weighted by Crippen LogP contribution is -2.04. The van der Waals surface area contributed by atoms with Crippen LogP contribution >= 0.6 is 11.6 Å². The van der Waals surface area contributed by atoms with Gasteiger partial charge in [-0.1, -0.05) is 23.7 Å². The van der Waals surface area contributed by atoms with Gasteiger partial charge in [-0.05, 0) is 23.8 Å². The molecule has 0 unspecified atom stereocenters. The SMILES string of the molecule is Nc1nc2cnccc2n1Cc1ccc(Cl)cc1. The van der Waals surface area contributed by atoms with Crippen molar-refractivity contribution in [2.75, 3.05) is 5.73 Å². The Bertz CT molecular complexity index is 688. The normalized spacial score (nSPS) is 10.9. The molecule has 0 bridgehead atoms. The third-order valence-corrected chi connectivity index (χ3v) is 3.09. The second kappa shape index (κ2) is 4.31. The molecule has 5 heteroatoms. The van der Waals surface area contributed by atoms with Crippen LogP contribution in [0.1, 0.15) is 5.56 Å². The molecule has 0 amide bonds. The summed E-state index contributed by atoms with van der Waals surface area (Å²) in [6.07, 6.45) is 3.45. The Balaban J connectivity index is 2.04. The van der Waals surface area contributed by atoms with Gasteiger partial charge in [-0.3, -0.25) is 4.98 Å². The van der Waals surface area contributed by atoms with Crippen molar-refractivity contribution in [3.8, 4) is 0 Å². The predicted molar refractivity (Wildman–Crippen MR) is 72.5 cm³/mol. The van der Waals surface area contributed by atoms with Crippen LogP contribution in [0.2, 0.25) is 5.02 Å². The maximum absolute atomic E-state index is 5.93. The van der Waals surface area contributed by atoms with Gasteiger partial charge in [0.1, 0.15) is 5.52 Å². The number of imidazole rings is 1. The molecule has 0 atom stereocenters. The molecule has 2 N–H and O–H groups in total. The monoisotopic (exact) mass is 258 g/mol. The van der Waals surface area contributed by atoms with Crippen LogP contribution in [0.15, 0.2) is 42.7 Å². The number of nitrogens with two attached hydrogens (primary N) is 1. The van der Waals surface area contributed by atoms with E-state index in [-0.39, 0.29) is 0 Å². The molecule has 18 heavy (non-hydrogen) atoms. The van der Waals surface area contributed by atoms with Crippen molar-refractivity contribution in [1.29, 1.82) is 0 Å². The van der Waals surface area contributed by atoms with Gasteiger partial charge in [0, 0.05) is 11.2 Å². The van der Waals surface area contributed by atoms with Crippen LogP contribution in [0.5, 0.6) is 0 Å². The Hall–Kier alpha value is -2.07. The highest BCUT2D eigenvalue weighted by atomic mass is 35.5. The molecule has 2 aromatic heterocycles. The number of anilines is 1. The molecule has 0 spiro atoms. The predicted octanol–water partition coefficient (Wildman–Crippen LogP) is 2.72. The van der Waals surface area contributed by atoms with E-state index in [9.17, 15) is 0 Å². The quantitative estimate of drug-likeness (QED) is 0.769. The van der Waals surface area contributed by atoms with Crippen LogP contribution in [0.3, 0.4) is 0 Å². The molecule has 3 rings (SSSR count). The van der Waals surface area contributed by atoms with Gasteiger partial charge >= 0.3 is 0 Å². The van der Waals surface area contributed by atoms with E-state index < -0.39 is 0 Å². The lowest BCUT2D eigenvalue weighted by atomic mass is 10.2. The molecule has 0 saturated heterocycles. The molecular weight excluding hydrogens is 248 g/mol. The van der Waals surface area contributed by atoms with Crippen molar-refractivity contribution < 1.29 is 0 Å². The summed E-state index contributed by atoms with van der Waals surface area (Å²) in [5.74, 6) is 0.493. The van der Waals surface area contributed by atoms with Crippen molar-refractivity contribution in [3.63, 3.8) is 0 Å². The van der Waals surface area contributed by atoms with Crippen LogP contribution in [0, 0.1) is 0 Å². The molecule has 0 aliphatic heterocycles. The number of aromatic nitrogens is 3. The third kappa shape index (κ3) is 1.91. The van der Waals surface area contributed by atoms with Crippen molar-refractivity contribution in [2.24, 2.45) is 0 Å². The van der Waals surface area contributed by atoms with Gasteiger partial charge in [0.05, 0.1) is 18.3 Å². The largest absolute Gasteiger partial charge is 0.369 e. The fourth-order valence-electron chi connectivity index (χ4n) is 1.94. The Labute approximate surface area is 109 Å². The molecule has 4 nitrogen and oxygen atoms in total. The summed E-state index contributed by atoms with van der Waals surface area (Å²) in [5, 5.41) is 0.728. The average molecular weight is 259 g/mol. The highest BCUT2D eigenvalue weighted by Crippen LogP contribution is 2.19. The van der Waals surface area contributed by atoms with Crippen LogP contribution < -0.4 is 5.73 Å². The lowest BCUT2D eigenvalue weighted by molar-refractivity contribution is 0.838. The maximum atomic E-state index is 5.93. The first-order chi connectivity index (χ1) is 8.74. The zero-order valence-corrected chi connectivity index (χ0v) is 10.3. The fourth-order valence-corrected chi connectivity index (χ4v) is 2.06. The summed E-state index contributed by atoms with van der Waals surface area (Å²) in [6.45, 7) is 0.670. The van der Waals surface area contributed by atoms with E-state index in [1.54, 1.807) is 12.4 Å². The Kier molecular flexibility index (Phi) is 2.64. The molecule has 90 valence electrons. The highest BCUT2D eigenvalue weighted by Gasteiger charge is 2.07. The molecular formula is C13H11ClN4. The van der Waals surface area contributed by atoms with Crippen LogP contribution in [-0.4, -0.2) is 14.5 Å². The molecule has 0 fully saturated rings. The maximum Gasteiger partial charge on any atom is 0.201 e. The van der Waals surface area contributed by atoms with Crippen LogP contribution in [0.25, 0.3) is 11.0 Å². The van der Waals surface area contributed by atoms with E-state index in [1.807, 2.05) is 34.9 Å². The van der Waals surface area contributed by atoms with E-state index in [0.717, 1.165) is 21.6 Å². The summed E-state index contributed by atoms with van der Waals surface area (Å²) in [7, 11) is 0. The van der Waals surface area contributed by atoms with E-state index >= 15 is 0 Å². The zero-order valence-electron chi connectivity index (χ0n) is 9.55. The summed E-state index contributed by atoms with van der Waals surface area (Å²) in [4.78, 5) is 8.32. The standard InChI is InChI=1S/C13H11ClN4/c14-10-3-1-9(2-4-10)8-18-12-5-6-16-7-11(12)17-13(18)15/h1-7H,8H2,(H2,15,17). The topological polar surface area (TPSA) is 56.7 Å². The average Bonchev–Trinajstić information content (AvgIpc) is 2.69. The molecule has 0 saturated carbocycles. The van der Waals surface area contributed by atoms with Gasteiger partial charge < -0.3 is 10.3 Å². The lowest BCUT2D eigenvalue weighted by Gasteiger charge is -2.06. The van der Waals surface area contributed by atoms with Crippen molar-refractivity contribution in [2.45, 2.75) is 6.54 Å². The number of nitrogens with zero attached hydrogens (tertiary/aromatic N) is 3. The second-order valence-electron chi connectivity index (χ2n) is 4.05. The van der Waals surface area contributed by atoms with Gasteiger partial charge in [0.25, 0.3) is 0 Å². The van der Waals surface area contributed by atoms with E-state index in [4.69, 9.17) is 17.3 Å². The molecule has 2 heterocycles. The number of fused-ring (bicyclic) bond motifs is 1. The summed E-state index contributed by atoms with van der Waals surface area (Å²) >= 11 is 5.87. The molecule has 0 aliphatic rings. The number of hydrogen-bond acceptors (Lipinski definition) is 3. The van der Waals surface area contributed by atoms with Crippen molar-refractivity contribution >= 4 is 28.6 Å². The summed E-state index contributed by atoms with van der Waals surface area (Å²) in [5.41, 5.74) is 8.85. The first-order valence-corrected chi connectivity index (χ1v) is 5.92. The van der Waals surface area contributed by atoms with Gasteiger partial charge in [-0.15, -0.1) is 0 Å². The van der Waals surface area contributed by atoms with Gasteiger partial charge in [0.2, 0.25) is 5.95 Å². The number of halogens is 1. The number of hydrogen-bond donors (Lipinski definition) is 1. The first-order valence-electron chi connectivity index (χ1n) is 5.54. The van der Waals surface area contributed by atoms with Gasteiger partial charge in [-0.2, -0.15) is 0 Å². The number of benzene rings is 1.